The molecule has 21 heavy (non-hydrogen) atoms. The van der Waals surface area contributed by atoms with E-state index >= 15 is 0 Å². The Balaban J connectivity index is 1.64. The molecule has 0 saturated heterocycles. The van der Waals surface area contributed by atoms with E-state index in [0.717, 1.165) is 6.54 Å². The average Bonchev–Trinajstić information content (AvgIpc) is 3.16. The zero-order chi connectivity index (χ0) is 14.3. The lowest BCUT2D eigenvalue weighted by Gasteiger charge is -2.37. The SMILES string of the molecule is Fc1cccc2c1OCC(OCC1CC1)(C1=NCCN1)O2. The van der Waals surface area contributed by atoms with Crippen LogP contribution < -0.4 is 14.8 Å². The lowest BCUT2D eigenvalue weighted by atomic mass is 10.2. The van der Waals surface area contributed by atoms with Gasteiger partial charge in [-0.05, 0) is 30.9 Å². The minimum atomic E-state index is -1.08. The van der Waals surface area contributed by atoms with Crippen molar-refractivity contribution in [1.82, 2.24) is 5.32 Å². The van der Waals surface area contributed by atoms with E-state index in [9.17, 15) is 4.39 Å². The normalized spacial score (nSPS) is 27.2. The molecular weight excluding hydrogens is 275 g/mol. The van der Waals surface area contributed by atoms with Crippen LogP contribution >= 0.6 is 0 Å². The van der Waals surface area contributed by atoms with Crippen molar-refractivity contribution in [2.24, 2.45) is 10.9 Å². The molecule has 0 radical (unpaired) electrons. The molecule has 4 rings (SSSR count). The number of rotatable bonds is 4. The van der Waals surface area contributed by atoms with Gasteiger partial charge in [0.05, 0.1) is 13.2 Å². The molecule has 0 spiro atoms. The van der Waals surface area contributed by atoms with Gasteiger partial charge in [-0.15, -0.1) is 0 Å². The molecule has 0 bridgehead atoms. The highest BCUT2D eigenvalue weighted by molar-refractivity contribution is 5.91. The first kappa shape index (κ1) is 12.9. The van der Waals surface area contributed by atoms with Crippen molar-refractivity contribution in [3.05, 3.63) is 24.0 Å². The number of para-hydroxylation sites is 1. The van der Waals surface area contributed by atoms with Gasteiger partial charge in [0.25, 0.3) is 0 Å². The Morgan fingerprint density at radius 2 is 2.33 bits per heavy atom. The minimum absolute atomic E-state index is 0.0967. The zero-order valence-electron chi connectivity index (χ0n) is 11.6. The first-order valence-electron chi connectivity index (χ1n) is 7.30. The van der Waals surface area contributed by atoms with E-state index in [1.807, 2.05) is 0 Å². The van der Waals surface area contributed by atoms with E-state index in [1.165, 1.54) is 18.9 Å². The summed E-state index contributed by atoms with van der Waals surface area (Å²) in [7, 11) is 0. The second-order valence-electron chi connectivity index (χ2n) is 5.62. The number of amidine groups is 1. The van der Waals surface area contributed by atoms with Crippen LogP contribution in [0.2, 0.25) is 0 Å². The largest absolute Gasteiger partial charge is 0.479 e. The van der Waals surface area contributed by atoms with Crippen LogP contribution in [0.4, 0.5) is 4.39 Å². The average molecular weight is 292 g/mol. The Hall–Kier alpha value is -1.82. The molecular formula is C15H17FN2O3. The second kappa shape index (κ2) is 4.87. The number of nitrogens with zero attached hydrogens (tertiary/aromatic N) is 1. The monoisotopic (exact) mass is 292 g/mol. The second-order valence-corrected chi connectivity index (χ2v) is 5.62. The molecule has 1 N–H and O–H groups in total. The number of fused-ring (bicyclic) bond motifs is 1. The predicted octanol–water partition coefficient (Wildman–Crippen LogP) is 1.72. The molecule has 0 amide bonds. The van der Waals surface area contributed by atoms with Crippen molar-refractivity contribution in [2.75, 3.05) is 26.3 Å². The van der Waals surface area contributed by atoms with Gasteiger partial charge in [0.2, 0.25) is 0 Å². The summed E-state index contributed by atoms with van der Waals surface area (Å²) in [5.74, 6) is 0.208. The molecule has 2 heterocycles. The fourth-order valence-corrected chi connectivity index (χ4v) is 2.53. The summed E-state index contributed by atoms with van der Waals surface area (Å²) in [5, 5.41) is 3.18. The van der Waals surface area contributed by atoms with Crippen LogP contribution in [0.25, 0.3) is 0 Å². The smallest absolute Gasteiger partial charge is 0.304 e. The van der Waals surface area contributed by atoms with Crippen molar-refractivity contribution in [1.29, 1.82) is 0 Å². The third-order valence-electron chi connectivity index (χ3n) is 3.90. The van der Waals surface area contributed by atoms with Gasteiger partial charge in [0.15, 0.2) is 29.8 Å². The summed E-state index contributed by atoms with van der Waals surface area (Å²) in [4.78, 5) is 4.41. The molecule has 0 aromatic heterocycles. The summed E-state index contributed by atoms with van der Waals surface area (Å²) < 4.78 is 31.3. The quantitative estimate of drug-likeness (QED) is 0.918. The van der Waals surface area contributed by atoms with E-state index in [4.69, 9.17) is 14.2 Å². The Morgan fingerprint density at radius 3 is 3.10 bits per heavy atom. The first-order valence-corrected chi connectivity index (χ1v) is 7.30. The summed E-state index contributed by atoms with van der Waals surface area (Å²) in [5.41, 5.74) is 0. The fourth-order valence-electron chi connectivity index (χ4n) is 2.53. The number of hydrogen-bond donors (Lipinski definition) is 1. The first-order chi connectivity index (χ1) is 10.3. The molecule has 1 aromatic rings. The maximum absolute atomic E-state index is 13.7. The van der Waals surface area contributed by atoms with Gasteiger partial charge >= 0.3 is 5.79 Å². The van der Waals surface area contributed by atoms with Gasteiger partial charge in [0.1, 0.15) is 0 Å². The summed E-state index contributed by atoms with van der Waals surface area (Å²) >= 11 is 0. The summed E-state index contributed by atoms with van der Waals surface area (Å²) in [6, 6.07) is 4.63. The molecule has 1 saturated carbocycles. The summed E-state index contributed by atoms with van der Waals surface area (Å²) in [6.45, 7) is 2.14. The molecule has 112 valence electrons. The van der Waals surface area contributed by atoms with Gasteiger partial charge in [-0.3, -0.25) is 4.99 Å². The van der Waals surface area contributed by atoms with Crippen molar-refractivity contribution >= 4 is 5.84 Å². The number of aliphatic imine (C=N–C) groups is 1. The molecule has 2 aliphatic heterocycles. The third-order valence-corrected chi connectivity index (χ3v) is 3.90. The van der Waals surface area contributed by atoms with Crippen LogP contribution in [0.1, 0.15) is 12.8 Å². The van der Waals surface area contributed by atoms with Crippen LogP contribution in [0, 0.1) is 11.7 Å². The molecule has 1 atom stereocenters. The molecule has 6 heteroatoms. The molecule has 3 aliphatic rings. The molecule has 1 fully saturated rings. The van der Waals surface area contributed by atoms with Crippen molar-refractivity contribution in [3.63, 3.8) is 0 Å². The van der Waals surface area contributed by atoms with E-state index in [-0.39, 0.29) is 12.4 Å². The molecule has 1 unspecified atom stereocenters. The predicted molar refractivity (Wildman–Crippen MR) is 74.2 cm³/mol. The van der Waals surface area contributed by atoms with Gasteiger partial charge in [0, 0.05) is 6.54 Å². The minimum Gasteiger partial charge on any atom is -0.479 e. The maximum atomic E-state index is 13.7. The third kappa shape index (κ3) is 2.33. The highest BCUT2D eigenvalue weighted by atomic mass is 19.1. The number of hydrogen-bond acceptors (Lipinski definition) is 5. The van der Waals surface area contributed by atoms with E-state index in [2.05, 4.69) is 10.3 Å². The van der Waals surface area contributed by atoms with Crippen molar-refractivity contribution in [3.8, 4) is 11.5 Å². The zero-order valence-corrected chi connectivity index (χ0v) is 11.6. The molecule has 5 nitrogen and oxygen atoms in total. The number of benzene rings is 1. The van der Waals surface area contributed by atoms with Crippen LogP contribution in [-0.4, -0.2) is 37.9 Å². The van der Waals surface area contributed by atoms with E-state index in [0.29, 0.717) is 30.7 Å². The van der Waals surface area contributed by atoms with Crippen molar-refractivity contribution in [2.45, 2.75) is 18.6 Å². The topological polar surface area (TPSA) is 52.1 Å². The standard InChI is InChI=1S/C15H17FN2O3/c16-11-2-1-3-12-13(11)19-9-15(21-12,14-17-6-7-18-14)20-8-10-4-5-10/h1-3,10H,4-9H2,(H,17,18). The molecule has 1 aromatic carbocycles. The summed E-state index contributed by atoms with van der Waals surface area (Å²) in [6.07, 6.45) is 2.37. The lowest BCUT2D eigenvalue weighted by molar-refractivity contribution is -0.167. The van der Waals surface area contributed by atoms with Gasteiger partial charge in [-0.25, -0.2) is 4.39 Å². The van der Waals surface area contributed by atoms with Gasteiger partial charge in [-0.1, -0.05) is 6.07 Å². The van der Waals surface area contributed by atoms with Crippen molar-refractivity contribution < 1.29 is 18.6 Å². The molecule has 1 aliphatic carbocycles. The van der Waals surface area contributed by atoms with E-state index < -0.39 is 11.6 Å². The van der Waals surface area contributed by atoms with Crippen LogP contribution in [0.15, 0.2) is 23.2 Å². The van der Waals surface area contributed by atoms with E-state index in [1.54, 1.807) is 12.1 Å². The highest BCUT2D eigenvalue weighted by Crippen LogP contribution is 2.39. The van der Waals surface area contributed by atoms with Crippen LogP contribution in [-0.2, 0) is 4.74 Å². The van der Waals surface area contributed by atoms with Gasteiger partial charge in [-0.2, -0.15) is 0 Å². The fraction of sp³-hybridized carbons (Fsp3) is 0.533. The lowest BCUT2D eigenvalue weighted by Crippen LogP contribution is -2.57. The Kier molecular flexibility index (Phi) is 2.99. The Bertz CT molecular complexity index is 588. The van der Waals surface area contributed by atoms with Gasteiger partial charge < -0.3 is 19.5 Å². The highest BCUT2D eigenvalue weighted by Gasteiger charge is 2.47. The Labute approximate surface area is 122 Å². The number of nitrogens with one attached hydrogen (secondary N) is 1. The number of halogens is 1. The Morgan fingerprint density at radius 1 is 1.43 bits per heavy atom. The van der Waals surface area contributed by atoms with Crippen LogP contribution in [0.5, 0.6) is 11.5 Å². The number of ether oxygens (including phenoxy) is 3. The maximum Gasteiger partial charge on any atom is 0.304 e. The van der Waals surface area contributed by atoms with Crippen LogP contribution in [0.3, 0.4) is 0 Å².